The summed E-state index contributed by atoms with van der Waals surface area (Å²) >= 11 is 0. The molecule has 1 unspecified atom stereocenters. The molecule has 1 fully saturated rings. The van der Waals surface area contributed by atoms with E-state index in [9.17, 15) is 10.1 Å². The van der Waals surface area contributed by atoms with Crippen molar-refractivity contribution in [3.05, 3.63) is 40.2 Å². The number of aromatic nitrogens is 3. The minimum Gasteiger partial charge on any atom is -0.424 e. The van der Waals surface area contributed by atoms with Crippen LogP contribution in [0.25, 0.3) is 0 Å². The Hall–Kier alpha value is -2.55. The minimum absolute atomic E-state index is 0.00767. The zero-order chi connectivity index (χ0) is 16.2. The Morgan fingerprint density at radius 2 is 2.26 bits per heavy atom. The predicted octanol–water partition coefficient (Wildman–Crippen LogP) is 1.62. The number of likely N-dealkylation sites (tertiary alicyclic amines) is 1. The number of hydrogen-bond donors (Lipinski definition) is 1. The van der Waals surface area contributed by atoms with Crippen LogP contribution in [0, 0.1) is 10.1 Å². The molecule has 1 atom stereocenters. The van der Waals surface area contributed by atoms with Gasteiger partial charge in [-0.1, -0.05) is 6.92 Å². The summed E-state index contributed by atoms with van der Waals surface area (Å²) in [5.41, 5.74) is -0.00767. The molecule has 0 spiro atoms. The maximum absolute atomic E-state index is 10.6. The molecule has 0 saturated carbocycles. The van der Waals surface area contributed by atoms with Crippen LogP contribution in [0.5, 0.6) is 0 Å². The van der Waals surface area contributed by atoms with Gasteiger partial charge in [0.15, 0.2) is 0 Å². The molecular weight excluding hydrogens is 300 g/mol. The molecule has 3 rings (SSSR count). The van der Waals surface area contributed by atoms with Crippen molar-refractivity contribution in [2.24, 2.45) is 0 Å². The molecular formula is C14H18N6O3. The number of nitro groups is 1. The molecule has 0 aliphatic carbocycles. The van der Waals surface area contributed by atoms with E-state index in [0.717, 1.165) is 25.9 Å². The summed E-state index contributed by atoms with van der Waals surface area (Å²) < 4.78 is 5.52. The molecule has 1 aliphatic heterocycles. The van der Waals surface area contributed by atoms with Crippen LogP contribution in [0.2, 0.25) is 0 Å². The van der Waals surface area contributed by atoms with Gasteiger partial charge in [-0.05, 0) is 12.5 Å². The quantitative estimate of drug-likeness (QED) is 0.632. The summed E-state index contributed by atoms with van der Waals surface area (Å²) in [6.07, 6.45) is 2.97. The van der Waals surface area contributed by atoms with Crippen LogP contribution in [0.4, 0.5) is 11.5 Å². The first-order valence-electron chi connectivity index (χ1n) is 7.54. The number of nitrogens with zero attached hydrogens (tertiary/aromatic N) is 5. The first-order valence-corrected chi connectivity index (χ1v) is 7.54. The zero-order valence-corrected chi connectivity index (χ0v) is 12.8. The van der Waals surface area contributed by atoms with Crippen molar-refractivity contribution in [2.75, 3.05) is 18.4 Å². The largest absolute Gasteiger partial charge is 0.424 e. The summed E-state index contributed by atoms with van der Waals surface area (Å²) in [6.45, 7) is 4.38. The fourth-order valence-corrected chi connectivity index (χ4v) is 2.57. The monoisotopic (exact) mass is 318 g/mol. The molecule has 1 aliphatic rings. The van der Waals surface area contributed by atoms with E-state index in [1.165, 1.54) is 12.3 Å². The lowest BCUT2D eigenvalue weighted by atomic mass is 10.2. The number of rotatable bonds is 6. The Morgan fingerprint density at radius 3 is 2.91 bits per heavy atom. The van der Waals surface area contributed by atoms with Gasteiger partial charge in [-0.2, -0.15) is 0 Å². The van der Waals surface area contributed by atoms with Crippen LogP contribution in [0.15, 0.2) is 22.7 Å². The predicted molar refractivity (Wildman–Crippen MR) is 81.9 cm³/mol. The third-order valence-corrected chi connectivity index (χ3v) is 3.75. The van der Waals surface area contributed by atoms with Gasteiger partial charge in [0.2, 0.25) is 11.8 Å². The number of nitrogens with one attached hydrogen (secondary N) is 1. The van der Waals surface area contributed by atoms with Crippen molar-refractivity contribution in [1.29, 1.82) is 0 Å². The summed E-state index contributed by atoms with van der Waals surface area (Å²) in [4.78, 5) is 16.5. The second-order valence-corrected chi connectivity index (χ2v) is 5.47. The molecule has 23 heavy (non-hydrogen) atoms. The van der Waals surface area contributed by atoms with Gasteiger partial charge in [0, 0.05) is 31.6 Å². The number of anilines is 1. The third kappa shape index (κ3) is 3.81. The highest BCUT2D eigenvalue weighted by Gasteiger charge is 2.24. The van der Waals surface area contributed by atoms with Crippen LogP contribution in [-0.4, -0.2) is 44.1 Å². The van der Waals surface area contributed by atoms with E-state index in [1.807, 2.05) is 6.92 Å². The number of pyridine rings is 1. The molecule has 3 heterocycles. The van der Waals surface area contributed by atoms with Crippen molar-refractivity contribution in [3.8, 4) is 0 Å². The molecule has 1 saturated heterocycles. The van der Waals surface area contributed by atoms with Crippen LogP contribution in [-0.2, 0) is 13.0 Å². The van der Waals surface area contributed by atoms with E-state index in [4.69, 9.17) is 4.42 Å². The van der Waals surface area contributed by atoms with Crippen molar-refractivity contribution >= 4 is 11.5 Å². The second kappa shape index (κ2) is 6.69. The summed E-state index contributed by atoms with van der Waals surface area (Å²) in [6, 6.07) is 3.33. The number of hydrogen-bond acceptors (Lipinski definition) is 8. The maximum atomic E-state index is 10.6. The third-order valence-electron chi connectivity index (χ3n) is 3.75. The molecule has 1 N–H and O–H groups in total. The van der Waals surface area contributed by atoms with E-state index < -0.39 is 4.92 Å². The van der Waals surface area contributed by atoms with Gasteiger partial charge >= 0.3 is 0 Å². The molecule has 0 bridgehead atoms. The SMILES string of the molecule is CCc1nnc(CN2CCC(Nc3ccc([N+](=O)[O-])cn3)C2)o1. The molecule has 122 valence electrons. The lowest BCUT2D eigenvalue weighted by Crippen LogP contribution is -2.26. The van der Waals surface area contributed by atoms with Gasteiger partial charge in [-0.15, -0.1) is 10.2 Å². The van der Waals surface area contributed by atoms with Crippen molar-refractivity contribution in [2.45, 2.75) is 32.4 Å². The minimum atomic E-state index is -0.455. The molecule has 0 radical (unpaired) electrons. The first-order chi connectivity index (χ1) is 11.1. The fourth-order valence-electron chi connectivity index (χ4n) is 2.57. The Balaban J connectivity index is 1.52. The highest BCUT2D eigenvalue weighted by atomic mass is 16.6. The lowest BCUT2D eigenvalue weighted by Gasteiger charge is -2.15. The Kier molecular flexibility index (Phi) is 4.47. The molecule has 2 aromatic rings. The molecule has 0 amide bonds. The topological polar surface area (TPSA) is 110 Å². The Bertz CT molecular complexity index is 671. The zero-order valence-electron chi connectivity index (χ0n) is 12.8. The first kappa shape index (κ1) is 15.3. The molecule has 9 heteroatoms. The highest BCUT2D eigenvalue weighted by Crippen LogP contribution is 2.18. The summed E-state index contributed by atoms with van der Waals surface area (Å²) in [5.74, 6) is 1.94. The van der Waals surface area contributed by atoms with Gasteiger partial charge in [-0.3, -0.25) is 15.0 Å². The van der Waals surface area contributed by atoms with Gasteiger partial charge in [0.25, 0.3) is 5.69 Å². The van der Waals surface area contributed by atoms with Gasteiger partial charge in [0.05, 0.1) is 11.5 Å². The summed E-state index contributed by atoms with van der Waals surface area (Å²) in [5, 5.41) is 21.9. The Labute approximate surface area is 132 Å². The number of aryl methyl sites for hydroxylation is 1. The van der Waals surface area contributed by atoms with Crippen molar-refractivity contribution in [1.82, 2.24) is 20.1 Å². The lowest BCUT2D eigenvalue weighted by molar-refractivity contribution is -0.385. The second-order valence-electron chi connectivity index (χ2n) is 5.47. The van der Waals surface area contributed by atoms with Crippen molar-refractivity contribution in [3.63, 3.8) is 0 Å². The van der Waals surface area contributed by atoms with E-state index >= 15 is 0 Å². The van der Waals surface area contributed by atoms with Gasteiger partial charge < -0.3 is 9.73 Å². The maximum Gasteiger partial charge on any atom is 0.287 e. The fraction of sp³-hybridized carbons (Fsp3) is 0.500. The summed E-state index contributed by atoms with van der Waals surface area (Å²) in [7, 11) is 0. The average molecular weight is 318 g/mol. The smallest absolute Gasteiger partial charge is 0.287 e. The molecule has 0 aromatic carbocycles. The van der Waals surface area contributed by atoms with Crippen LogP contribution in [0.1, 0.15) is 25.1 Å². The van der Waals surface area contributed by atoms with Crippen molar-refractivity contribution < 1.29 is 9.34 Å². The highest BCUT2D eigenvalue weighted by molar-refractivity contribution is 5.41. The van der Waals surface area contributed by atoms with Gasteiger partial charge in [-0.25, -0.2) is 4.98 Å². The average Bonchev–Trinajstić information content (AvgIpc) is 3.17. The normalized spacial score (nSPS) is 18.2. The van der Waals surface area contributed by atoms with E-state index in [-0.39, 0.29) is 11.7 Å². The van der Waals surface area contributed by atoms with Crippen LogP contribution in [0.3, 0.4) is 0 Å². The Morgan fingerprint density at radius 1 is 1.43 bits per heavy atom. The van der Waals surface area contributed by atoms with Crippen LogP contribution >= 0.6 is 0 Å². The van der Waals surface area contributed by atoms with E-state index in [1.54, 1.807) is 6.07 Å². The molecule has 9 nitrogen and oxygen atoms in total. The molecule has 2 aromatic heterocycles. The standard InChI is InChI=1S/C14H18N6O3/c1-2-13-17-18-14(23-13)9-19-6-5-10(8-19)16-12-4-3-11(7-15-12)20(21)22/h3-4,7,10H,2,5-6,8-9H2,1H3,(H,15,16). The van der Waals surface area contributed by atoms with E-state index in [0.29, 0.717) is 24.1 Å². The van der Waals surface area contributed by atoms with Crippen LogP contribution < -0.4 is 5.32 Å². The van der Waals surface area contributed by atoms with E-state index in [2.05, 4.69) is 25.4 Å². The van der Waals surface area contributed by atoms with Gasteiger partial charge in [0.1, 0.15) is 12.0 Å².